The van der Waals surface area contributed by atoms with Crippen LogP contribution in [-0.2, 0) is 9.59 Å². The molecule has 3 N–H and O–H groups in total. The lowest BCUT2D eigenvalue weighted by atomic mass is 9.88. The standard InChI is InChI=1S/C19H18N4O6/c1-29-15-8-13(23(27)28)7-12(17(15)24)9-21-22-19(26)16-14(10-20-18(16)25)11-5-3-2-4-6-11/h2-9,14,16,24H,10H2,1H3,(H,20,25)(H,22,26). The number of carbonyl (C=O) groups excluding carboxylic acids is 2. The molecule has 10 nitrogen and oxygen atoms in total. The monoisotopic (exact) mass is 398 g/mol. The number of methoxy groups -OCH3 is 1. The molecule has 0 bridgehead atoms. The van der Waals surface area contributed by atoms with Gasteiger partial charge in [0.05, 0.1) is 24.3 Å². The number of phenolic OH excluding ortho intramolecular Hbond substituents is 1. The third-order valence-corrected chi connectivity index (χ3v) is 4.59. The Morgan fingerprint density at radius 3 is 2.76 bits per heavy atom. The summed E-state index contributed by atoms with van der Waals surface area (Å²) in [6.45, 7) is 0.327. The normalized spacial score (nSPS) is 18.4. The first kappa shape index (κ1) is 19.8. The number of carbonyl (C=O) groups is 2. The first-order valence-corrected chi connectivity index (χ1v) is 8.63. The number of phenols is 1. The Labute approximate surface area is 165 Å². The van der Waals surface area contributed by atoms with Gasteiger partial charge in [-0.05, 0) is 5.56 Å². The molecule has 0 saturated carbocycles. The number of ether oxygens (including phenoxy) is 1. The molecular formula is C19H18N4O6. The van der Waals surface area contributed by atoms with Crippen LogP contribution in [0.5, 0.6) is 11.5 Å². The van der Waals surface area contributed by atoms with Crippen LogP contribution in [-0.4, -0.2) is 41.7 Å². The van der Waals surface area contributed by atoms with Gasteiger partial charge in [0.1, 0.15) is 5.92 Å². The highest BCUT2D eigenvalue weighted by Crippen LogP contribution is 2.33. The number of rotatable bonds is 6. The molecule has 10 heteroatoms. The topological polar surface area (TPSA) is 143 Å². The zero-order valence-electron chi connectivity index (χ0n) is 15.4. The third-order valence-electron chi connectivity index (χ3n) is 4.59. The van der Waals surface area contributed by atoms with Gasteiger partial charge in [-0.15, -0.1) is 0 Å². The van der Waals surface area contributed by atoms with Gasteiger partial charge in [-0.2, -0.15) is 5.10 Å². The molecule has 2 amide bonds. The van der Waals surface area contributed by atoms with E-state index in [2.05, 4.69) is 15.8 Å². The SMILES string of the molecule is COc1cc([N+](=O)[O-])cc(C=NNC(=O)C2C(=O)NCC2c2ccccc2)c1O. The summed E-state index contributed by atoms with van der Waals surface area (Å²) in [5.41, 5.74) is 2.77. The minimum absolute atomic E-state index is 0.0215. The van der Waals surface area contributed by atoms with Crippen LogP contribution in [0.3, 0.4) is 0 Å². The summed E-state index contributed by atoms with van der Waals surface area (Å²) < 4.78 is 4.91. The molecule has 150 valence electrons. The number of hydrazone groups is 1. The summed E-state index contributed by atoms with van der Waals surface area (Å²) in [6.07, 6.45) is 1.05. The van der Waals surface area contributed by atoms with E-state index in [1.165, 1.54) is 7.11 Å². The molecule has 2 aromatic carbocycles. The summed E-state index contributed by atoms with van der Waals surface area (Å²) >= 11 is 0. The van der Waals surface area contributed by atoms with Crippen molar-refractivity contribution in [3.63, 3.8) is 0 Å². The number of benzene rings is 2. The van der Waals surface area contributed by atoms with E-state index in [0.717, 1.165) is 23.9 Å². The average molecular weight is 398 g/mol. The quantitative estimate of drug-likeness (QED) is 0.290. The maximum Gasteiger partial charge on any atom is 0.274 e. The van der Waals surface area contributed by atoms with Gasteiger partial charge in [-0.25, -0.2) is 5.43 Å². The summed E-state index contributed by atoms with van der Waals surface area (Å²) in [7, 11) is 1.25. The first-order chi connectivity index (χ1) is 13.9. The zero-order chi connectivity index (χ0) is 21.0. The number of hydrogen-bond donors (Lipinski definition) is 3. The number of amides is 2. The van der Waals surface area contributed by atoms with E-state index in [1.54, 1.807) is 0 Å². The predicted octanol–water partition coefficient (Wildman–Crippen LogP) is 1.29. The molecule has 2 unspecified atom stereocenters. The Hall–Kier alpha value is -3.95. The Morgan fingerprint density at radius 1 is 1.38 bits per heavy atom. The van der Waals surface area contributed by atoms with Crippen LogP contribution >= 0.6 is 0 Å². The van der Waals surface area contributed by atoms with Crippen molar-refractivity contribution < 1.29 is 24.4 Å². The van der Waals surface area contributed by atoms with Gasteiger partial charge in [-0.3, -0.25) is 19.7 Å². The van der Waals surface area contributed by atoms with Gasteiger partial charge in [0.2, 0.25) is 5.91 Å². The number of aromatic hydroxyl groups is 1. The molecule has 0 radical (unpaired) electrons. The van der Waals surface area contributed by atoms with Crippen molar-refractivity contribution in [1.82, 2.24) is 10.7 Å². The van der Waals surface area contributed by atoms with Crippen LogP contribution < -0.4 is 15.5 Å². The summed E-state index contributed by atoms with van der Waals surface area (Å²) in [5, 5.41) is 27.5. The van der Waals surface area contributed by atoms with Crippen LogP contribution in [0, 0.1) is 16.0 Å². The molecule has 0 aromatic heterocycles. The molecule has 0 spiro atoms. The number of nitrogens with one attached hydrogen (secondary N) is 2. The number of nitro benzene ring substituents is 1. The van der Waals surface area contributed by atoms with E-state index in [-0.39, 0.29) is 28.7 Å². The summed E-state index contributed by atoms with van der Waals surface area (Å²) in [6, 6.07) is 11.3. The number of non-ortho nitro benzene ring substituents is 1. The van der Waals surface area contributed by atoms with Gasteiger partial charge < -0.3 is 15.2 Å². The fraction of sp³-hybridized carbons (Fsp3) is 0.211. The van der Waals surface area contributed by atoms with Gasteiger partial charge in [0, 0.05) is 24.1 Å². The Balaban J connectivity index is 1.78. The number of nitro groups is 1. The second kappa shape index (κ2) is 8.38. The van der Waals surface area contributed by atoms with Crippen LogP contribution in [0.15, 0.2) is 47.6 Å². The molecule has 1 heterocycles. The van der Waals surface area contributed by atoms with Crippen molar-refractivity contribution in [3.05, 3.63) is 63.7 Å². The lowest BCUT2D eigenvalue weighted by Crippen LogP contribution is -2.34. The lowest BCUT2D eigenvalue weighted by Gasteiger charge is -2.15. The van der Waals surface area contributed by atoms with E-state index in [0.29, 0.717) is 6.54 Å². The van der Waals surface area contributed by atoms with Crippen molar-refractivity contribution in [3.8, 4) is 11.5 Å². The van der Waals surface area contributed by atoms with Crippen molar-refractivity contribution in [2.45, 2.75) is 5.92 Å². The lowest BCUT2D eigenvalue weighted by molar-refractivity contribution is -0.385. The maximum absolute atomic E-state index is 12.5. The summed E-state index contributed by atoms with van der Waals surface area (Å²) in [5.74, 6) is -2.82. The van der Waals surface area contributed by atoms with Gasteiger partial charge in [0.25, 0.3) is 11.6 Å². The third kappa shape index (κ3) is 4.15. The van der Waals surface area contributed by atoms with Crippen LogP contribution in [0.2, 0.25) is 0 Å². The van der Waals surface area contributed by atoms with Gasteiger partial charge in [-0.1, -0.05) is 30.3 Å². The Bertz CT molecular complexity index is 976. The van der Waals surface area contributed by atoms with Crippen molar-refractivity contribution in [2.75, 3.05) is 13.7 Å². The maximum atomic E-state index is 12.5. The Morgan fingerprint density at radius 2 is 2.10 bits per heavy atom. The van der Waals surface area contributed by atoms with E-state index >= 15 is 0 Å². The molecule has 2 atom stereocenters. The minimum Gasteiger partial charge on any atom is -0.504 e. The second-order valence-electron chi connectivity index (χ2n) is 6.32. The van der Waals surface area contributed by atoms with Gasteiger partial charge >= 0.3 is 0 Å². The fourth-order valence-corrected chi connectivity index (χ4v) is 3.14. The van der Waals surface area contributed by atoms with Crippen molar-refractivity contribution in [1.29, 1.82) is 0 Å². The van der Waals surface area contributed by atoms with Crippen LogP contribution in [0.4, 0.5) is 5.69 Å². The smallest absolute Gasteiger partial charge is 0.274 e. The molecule has 0 aliphatic carbocycles. The molecule has 1 fully saturated rings. The molecule has 3 rings (SSSR count). The molecule has 29 heavy (non-hydrogen) atoms. The van der Waals surface area contributed by atoms with E-state index in [9.17, 15) is 24.8 Å². The largest absolute Gasteiger partial charge is 0.504 e. The van der Waals surface area contributed by atoms with Crippen LogP contribution in [0.1, 0.15) is 17.0 Å². The highest BCUT2D eigenvalue weighted by atomic mass is 16.6. The van der Waals surface area contributed by atoms with E-state index in [1.807, 2.05) is 30.3 Å². The second-order valence-corrected chi connectivity index (χ2v) is 6.32. The molecule has 1 saturated heterocycles. The number of nitrogens with zero attached hydrogens (tertiary/aromatic N) is 2. The number of hydrogen-bond acceptors (Lipinski definition) is 7. The highest BCUT2D eigenvalue weighted by molar-refractivity contribution is 6.03. The molecular weight excluding hydrogens is 380 g/mol. The van der Waals surface area contributed by atoms with Crippen molar-refractivity contribution in [2.24, 2.45) is 11.0 Å². The minimum atomic E-state index is -0.970. The highest BCUT2D eigenvalue weighted by Gasteiger charge is 2.40. The van der Waals surface area contributed by atoms with E-state index < -0.39 is 22.7 Å². The zero-order valence-corrected chi connectivity index (χ0v) is 15.4. The molecule has 1 aliphatic rings. The van der Waals surface area contributed by atoms with Crippen molar-refractivity contribution >= 4 is 23.7 Å². The molecule has 1 aliphatic heterocycles. The Kier molecular flexibility index (Phi) is 5.72. The summed E-state index contributed by atoms with van der Waals surface area (Å²) in [4.78, 5) is 35.0. The first-order valence-electron chi connectivity index (χ1n) is 8.63. The van der Waals surface area contributed by atoms with Crippen LogP contribution in [0.25, 0.3) is 0 Å². The van der Waals surface area contributed by atoms with E-state index in [4.69, 9.17) is 4.74 Å². The molecule has 2 aromatic rings. The predicted molar refractivity (Wildman–Crippen MR) is 103 cm³/mol. The fourth-order valence-electron chi connectivity index (χ4n) is 3.14. The van der Waals surface area contributed by atoms with Gasteiger partial charge in [0.15, 0.2) is 11.5 Å². The average Bonchev–Trinajstić information content (AvgIpc) is 3.11.